The van der Waals surface area contributed by atoms with Crippen molar-refractivity contribution in [2.45, 2.75) is 19.5 Å². The number of hydrazone groups is 1. The van der Waals surface area contributed by atoms with Gasteiger partial charge in [-0.25, -0.2) is 9.79 Å². The van der Waals surface area contributed by atoms with Gasteiger partial charge in [-0.2, -0.15) is 0 Å². The van der Waals surface area contributed by atoms with Gasteiger partial charge >= 0.3 is 6.09 Å². The van der Waals surface area contributed by atoms with Crippen molar-refractivity contribution in [2.24, 2.45) is 4.99 Å². The highest BCUT2D eigenvalue weighted by atomic mass is 16.7. The third-order valence-corrected chi connectivity index (χ3v) is 1.62. The van der Waals surface area contributed by atoms with Crippen molar-refractivity contribution >= 4 is 18.5 Å². The molecule has 6 nitrogen and oxygen atoms in total. The van der Waals surface area contributed by atoms with Crippen LogP contribution < -0.4 is 10.9 Å². The molecular formula is C7H13N4O2+. The van der Waals surface area contributed by atoms with Crippen LogP contribution in [0.3, 0.4) is 0 Å². The molecule has 0 aromatic rings. The van der Waals surface area contributed by atoms with E-state index in [-0.39, 0.29) is 6.17 Å². The van der Waals surface area contributed by atoms with Gasteiger partial charge in [0.05, 0.1) is 6.21 Å². The van der Waals surface area contributed by atoms with E-state index in [1.165, 1.54) is 7.05 Å². The minimum absolute atomic E-state index is 0.00431. The first-order valence-electron chi connectivity index (χ1n) is 4.07. The second kappa shape index (κ2) is 4.44. The fourth-order valence-electron chi connectivity index (χ4n) is 0.919. The summed E-state index contributed by atoms with van der Waals surface area (Å²) in [4.78, 5) is 19.4. The van der Waals surface area contributed by atoms with Gasteiger partial charge in [0.15, 0.2) is 0 Å². The van der Waals surface area contributed by atoms with Crippen LogP contribution in [-0.4, -0.2) is 36.4 Å². The zero-order valence-electron chi connectivity index (χ0n) is 7.65. The van der Waals surface area contributed by atoms with Crippen LogP contribution in [0.25, 0.3) is 0 Å². The molecule has 0 bridgehead atoms. The number of hydrogen-bond acceptors (Lipinski definition) is 4. The molecule has 1 rings (SSSR count). The van der Waals surface area contributed by atoms with Crippen LogP contribution in [0, 0.1) is 0 Å². The van der Waals surface area contributed by atoms with Gasteiger partial charge in [0.25, 0.3) is 6.17 Å². The first-order valence-corrected chi connectivity index (χ1v) is 4.07. The Bertz CT molecular complexity index is 249. The summed E-state index contributed by atoms with van der Waals surface area (Å²) in [5, 5.41) is 2.32. The average molecular weight is 185 g/mol. The predicted octanol–water partition coefficient (Wildman–Crippen LogP) is -0.334. The van der Waals surface area contributed by atoms with Gasteiger partial charge in [0.2, 0.25) is 6.21 Å². The number of nitrogens with one attached hydrogen (secondary N) is 2. The molecule has 13 heavy (non-hydrogen) atoms. The molecule has 0 radical (unpaired) electrons. The molecule has 6 heteroatoms. The fraction of sp³-hybridized carbons (Fsp3) is 0.571. The number of aliphatic imine (C=N–C) groups is 1. The Balaban J connectivity index is 2.34. The first kappa shape index (κ1) is 9.50. The zero-order chi connectivity index (χ0) is 9.68. The molecule has 1 atom stereocenters. The number of carbonyl (C=O) groups excluding carboxylic acids is 1. The Morgan fingerprint density at radius 3 is 3.15 bits per heavy atom. The lowest BCUT2D eigenvalue weighted by Gasteiger charge is -2.05. The van der Waals surface area contributed by atoms with Crippen LogP contribution >= 0.6 is 0 Å². The lowest BCUT2D eigenvalue weighted by atomic mass is 10.4. The van der Waals surface area contributed by atoms with Crippen molar-refractivity contribution in [3.63, 3.8) is 0 Å². The van der Waals surface area contributed by atoms with E-state index in [2.05, 4.69) is 20.7 Å². The van der Waals surface area contributed by atoms with Crippen molar-refractivity contribution < 1.29 is 14.3 Å². The molecule has 1 aliphatic heterocycles. The first-order chi connectivity index (χ1) is 6.27. The Morgan fingerprint density at radius 1 is 1.77 bits per heavy atom. The van der Waals surface area contributed by atoms with Crippen LogP contribution in [0.5, 0.6) is 0 Å². The molecule has 0 spiro atoms. The summed E-state index contributed by atoms with van der Waals surface area (Å²) >= 11 is 0. The second-order valence-electron chi connectivity index (χ2n) is 2.47. The minimum Gasteiger partial charge on any atom is -0.323 e. The molecule has 1 aliphatic rings. The highest BCUT2D eigenvalue weighted by molar-refractivity contribution is 6.14. The van der Waals surface area contributed by atoms with E-state index in [0.717, 1.165) is 6.42 Å². The summed E-state index contributed by atoms with van der Waals surface area (Å²) < 4.78 is 1.62. The van der Waals surface area contributed by atoms with Crippen LogP contribution in [0.15, 0.2) is 4.99 Å². The van der Waals surface area contributed by atoms with E-state index < -0.39 is 6.09 Å². The highest BCUT2D eigenvalue weighted by Crippen LogP contribution is 1.99. The maximum absolute atomic E-state index is 10.7. The number of nitrogens with zero attached hydrogens (tertiary/aromatic N) is 2. The third-order valence-electron chi connectivity index (χ3n) is 1.62. The van der Waals surface area contributed by atoms with Gasteiger partial charge in [-0.15, -0.1) is 0 Å². The van der Waals surface area contributed by atoms with E-state index in [0.29, 0.717) is 0 Å². The highest BCUT2D eigenvalue weighted by Gasteiger charge is 2.22. The summed E-state index contributed by atoms with van der Waals surface area (Å²) in [7, 11) is 1.49. The molecule has 2 N–H and O–H groups in total. The van der Waals surface area contributed by atoms with E-state index in [1.54, 1.807) is 17.1 Å². The van der Waals surface area contributed by atoms with E-state index in [1.807, 2.05) is 6.92 Å². The topological polar surface area (TPSA) is 65.7 Å². The molecule has 0 saturated heterocycles. The monoisotopic (exact) mass is 185 g/mol. The van der Waals surface area contributed by atoms with Gasteiger partial charge in [0, 0.05) is 13.5 Å². The van der Waals surface area contributed by atoms with E-state index in [9.17, 15) is 4.79 Å². The second-order valence-corrected chi connectivity index (χ2v) is 2.47. The van der Waals surface area contributed by atoms with Crippen molar-refractivity contribution in [1.29, 1.82) is 0 Å². The lowest BCUT2D eigenvalue weighted by molar-refractivity contribution is -0.656. The van der Waals surface area contributed by atoms with Crippen LogP contribution in [0.4, 0.5) is 4.79 Å². The standard InChI is InChI=1S/C7H12N4O2/c1-3-6-9-4-5-11(6)10-13-7(12)8-2/h4-6H,3H2,1-2H3,(H-,8,9,10,12)/p+1. The van der Waals surface area contributed by atoms with Crippen LogP contribution in [0.1, 0.15) is 13.3 Å². The Morgan fingerprint density at radius 2 is 2.54 bits per heavy atom. The van der Waals surface area contributed by atoms with Crippen molar-refractivity contribution in [1.82, 2.24) is 10.9 Å². The van der Waals surface area contributed by atoms with Gasteiger partial charge in [-0.1, -0.05) is 11.6 Å². The van der Waals surface area contributed by atoms with Crippen LogP contribution in [-0.2, 0) is 4.84 Å². The summed E-state index contributed by atoms with van der Waals surface area (Å²) in [6.07, 6.45) is 3.68. The molecule has 0 fully saturated rings. The van der Waals surface area contributed by atoms with Gasteiger partial charge in [-0.05, 0) is 5.59 Å². The lowest BCUT2D eigenvalue weighted by Crippen LogP contribution is -2.38. The molecule has 1 amide bonds. The molecule has 1 unspecified atom stereocenters. The van der Waals surface area contributed by atoms with E-state index >= 15 is 0 Å². The Kier molecular flexibility index (Phi) is 3.24. The fourth-order valence-corrected chi connectivity index (χ4v) is 0.919. The number of amides is 1. The smallest absolute Gasteiger partial charge is 0.323 e. The quantitative estimate of drug-likeness (QED) is 0.467. The van der Waals surface area contributed by atoms with Crippen molar-refractivity contribution in [3.05, 3.63) is 0 Å². The van der Waals surface area contributed by atoms with Crippen molar-refractivity contribution in [3.8, 4) is 0 Å². The summed E-state index contributed by atoms with van der Waals surface area (Å²) in [5.74, 6) is 0. The molecule has 0 saturated carbocycles. The third kappa shape index (κ3) is 2.43. The molecule has 1 heterocycles. The summed E-state index contributed by atoms with van der Waals surface area (Å²) in [5.41, 5.74) is 2.47. The molecule has 0 aromatic heterocycles. The summed E-state index contributed by atoms with van der Waals surface area (Å²) in [6.45, 7) is 2.00. The molecule has 0 aliphatic carbocycles. The van der Waals surface area contributed by atoms with Gasteiger partial charge < -0.3 is 5.32 Å². The number of hydrogen-bond donors (Lipinski definition) is 2. The summed E-state index contributed by atoms with van der Waals surface area (Å²) in [6, 6.07) is 0. The normalized spacial score (nSPS) is 19.5. The molecule has 0 aromatic carbocycles. The SMILES string of the molecule is CCC1N=CC=[N+]1NOC(=O)NC. The minimum atomic E-state index is -0.532. The average Bonchev–Trinajstić information content (AvgIpc) is 2.61. The van der Waals surface area contributed by atoms with Crippen LogP contribution in [0.2, 0.25) is 0 Å². The Labute approximate surface area is 76.2 Å². The Hall–Kier alpha value is -1.59. The maximum atomic E-state index is 10.7. The maximum Gasteiger partial charge on any atom is 0.435 e. The van der Waals surface area contributed by atoms with Gasteiger partial charge in [-0.3, -0.25) is 4.84 Å². The predicted molar refractivity (Wildman–Crippen MR) is 47.6 cm³/mol. The number of carbonyl (C=O) groups is 1. The van der Waals surface area contributed by atoms with Gasteiger partial charge in [0.1, 0.15) is 0 Å². The zero-order valence-corrected chi connectivity index (χ0v) is 7.65. The van der Waals surface area contributed by atoms with Crippen molar-refractivity contribution in [2.75, 3.05) is 7.05 Å². The molecule has 72 valence electrons. The number of hydrazine groups is 1. The van der Waals surface area contributed by atoms with E-state index in [4.69, 9.17) is 0 Å². The molecular weight excluding hydrogens is 172 g/mol. The number of rotatable bonds is 3. The largest absolute Gasteiger partial charge is 0.435 e.